The molecule has 1 aromatic carbocycles. The molecule has 0 amide bonds. The van der Waals surface area contributed by atoms with Crippen LogP contribution in [0, 0.1) is 6.92 Å². The second kappa shape index (κ2) is 10.6. The van der Waals surface area contributed by atoms with E-state index < -0.39 is 18.0 Å². The summed E-state index contributed by atoms with van der Waals surface area (Å²) in [5.74, 6) is 0.652. The lowest BCUT2D eigenvalue weighted by Gasteiger charge is -2.13. The predicted octanol–water partition coefficient (Wildman–Crippen LogP) is 5.16. The van der Waals surface area contributed by atoms with Crippen LogP contribution in [0.5, 0.6) is 5.75 Å². The summed E-state index contributed by atoms with van der Waals surface area (Å²) in [5, 5.41) is 18.1. The van der Waals surface area contributed by atoms with Crippen molar-refractivity contribution in [3.63, 3.8) is 0 Å². The van der Waals surface area contributed by atoms with E-state index in [0.717, 1.165) is 23.6 Å². The van der Waals surface area contributed by atoms with Crippen LogP contribution in [0.4, 0.5) is 13.2 Å². The summed E-state index contributed by atoms with van der Waals surface area (Å²) in [4.78, 5) is 7.98. The minimum absolute atomic E-state index is 0.282. The van der Waals surface area contributed by atoms with Gasteiger partial charge in [0.15, 0.2) is 0 Å². The van der Waals surface area contributed by atoms with Crippen LogP contribution in [0.3, 0.4) is 0 Å². The van der Waals surface area contributed by atoms with Gasteiger partial charge in [-0.1, -0.05) is 23.4 Å². The number of halogens is 3. The highest BCUT2D eigenvalue weighted by Gasteiger charge is 2.32. The maximum Gasteiger partial charge on any atom is 0.433 e. The van der Waals surface area contributed by atoms with Gasteiger partial charge in [0.1, 0.15) is 18.1 Å². The molecule has 0 saturated carbocycles. The predicted molar refractivity (Wildman–Crippen MR) is 122 cm³/mol. The van der Waals surface area contributed by atoms with Gasteiger partial charge in [0, 0.05) is 35.8 Å². The zero-order valence-corrected chi connectivity index (χ0v) is 19.0. The van der Waals surface area contributed by atoms with Crippen molar-refractivity contribution in [3.05, 3.63) is 89.6 Å². The number of hydrogen-bond donors (Lipinski definition) is 1. The van der Waals surface area contributed by atoms with Gasteiger partial charge in [-0.2, -0.15) is 13.2 Å². The molecular weight excluding hydrogens is 459 g/mol. The molecule has 182 valence electrons. The minimum atomic E-state index is -4.47. The number of pyridine rings is 2. The first-order valence-corrected chi connectivity index (χ1v) is 11.0. The number of nitrogens with zero attached hydrogens (tertiary/aromatic N) is 5. The molecule has 4 rings (SSSR count). The fraction of sp³-hybridized carbons (Fsp3) is 0.280. The molecule has 3 heterocycles. The van der Waals surface area contributed by atoms with E-state index in [-0.39, 0.29) is 6.61 Å². The number of aliphatic hydroxyl groups excluding tert-OH is 1. The van der Waals surface area contributed by atoms with E-state index in [0.29, 0.717) is 35.7 Å². The highest BCUT2D eigenvalue weighted by molar-refractivity contribution is 5.58. The molecule has 0 aliphatic heterocycles. The molecule has 0 radical (unpaired) electrons. The molecule has 1 unspecified atom stereocenters. The van der Waals surface area contributed by atoms with Gasteiger partial charge in [-0.15, -0.1) is 5.10 Å². The summed E-state index contributed by atoms with van der Waals surface area (Å²) in [5.41, 5.74) is 2.47. The first-order valence-electron chi connectivity index (χ1n) is 11.0. The normalized spacial score (nSPS) is 12.5. The molecule has 35 heavy (non-hydrogen) atoms. The van der Waals surface area contributed by atoms with Crippen molar-refractivity contribution >= 4 is 0 Å². The van der Waals surface area contributed by atoms with Crippen LogP contribution in [0.25, 0.3) is 11.3 Å². The van der Waals surface area contributed by atoms with E-state index >= 15 is 0 Å². The molecule has 0 spiro atoms. The third kappa shape index (κ3) is 6.42. The second-order valence-corrected chi connectivity index (χ2v) is 8.05. The maximum atomic E-state index is 12.7. The van der Waals surface area contributed by atoms with Crippen molar-refractivity contribution in [1.82, 2.24) is 25.0 Å². The van der Waals surface area contributed by atoms with Crippen molar-refractivity contribution < 1.29 is 23.0 Å². The van der Waals surface area contributed by atoms with Gasteiger partial charge < -0.3 is 9.84 Å². The largest absolute Gasteiger partial charge is 0.489 e. The standard InChI is InChI=1S/C25H24F3N5O2/c1-17-20(6-10-22(31-17)19-7-11-24(29-15-19)25(26,27)28)16-35-21-8-4-18(5-9-21)23(34)3-2-13-33-14-12-30-32-33/h4-12,14-15,23,34H,2-3,13,16H2,1H3. The van der Waals surface area contributed by atoms with Crippen LogP contribution in [0.1, 0.15) is 41.5 Å². The van der Waals surface area contributed by atoms with Crippen LogP contribution in [0.2, 0.25) is 0 Å². The first-order chi connectivity index (χ1) is 16.8. The third-order valence-electron chi connectivity index (χ3n) is 5.54. The molecular formula is C25H24F3N5O2. The van der Waals surface area contributed by atoms with E-state index in [4.69, 9.17) is 4.74 Å². The molecule has 3 aromatic heterocycles. The summed E-state index contributed by atoms with van der Waals surface area (Å²) in [6, 6.07) is 13.2. The summed E-state index contributed by atoms with van der Waals surface area (Å²) in [7, 11) is 0. The Morgan fingerprint density at radius 2 is 1.86 bits per heavy atom. The molecule has 10 heteroatoms. The Labute approximate surface area is 200 Å². The Morgan fingerprint density at radius 3 is 2.49 bits per heavy atom. The Bertz CT molecular complexity index is 1230. The number of aliphatic hydroxyl groups is 1. The average Bonchev–Trinajstić information content (AvgIpc) is 3.37. The average molecular weight is 483 g/mol. The molecule has 7 nitrogen and oxygen atoms in total. The van der Waals surface area contributed by atoms with Gasteiger partial charge in [-0.25, -0.2) is 0 Å². The van der Waals surface area contributed by atoms with Crippen LogP contribution in [-0.4, -0.2) is 30.1 Å². The number of alkyl halides is 3. The van der Waals surface area contributed by atoms with Gasteiger partial charge in [0.05, 0.1) is 18.0 Å². The topological polar surface area (TPSA) is 86.0 Å². The summed E-state index contributed by atoms with van der Waals surface area (Å²) < 4.78 is 45.7. The van der Waals surface area contributed by atoms with E-state index in [1.54, 1.807) is 35.3 Å². The van der Waals surface area contributed by atoms with E-state index in [1.165, 1.54) is 12.3 Å². The van der Waals surface area contributed by atoms with Gasteiger partial charge in [0.2, 0.25) is 0 Å². The zero-order chi connectivity index (χ0) is 24.8. The lowest BCUT2D eigenvalue weighted by atomic mass is 10.0. The highest BCUT2D eigenvalue weighted by atomic mass is 19.4. The smallest absolute Gasteiger partial charge is 0.433 e. The number of rotatable bonds is 9. The number of ether oxygens (including phenoxy) is 1. The lowest BCUT2D eigenvalue weighted by Crippen LogP contribution is -2.07. The number of aromatic nitrogens is 5. The van der Waals surface area contributed by atoms with Gasteiger partial charge in [-0.05, 0) is 55.7 Å². The zero-order valence-electron chi connectivity index (χ0n) is 19.0. The minimum Gasteiger partial charge on any atom is -0.489 e. The Morgan fingerprint density at radius 1 is 1.06 bits per heavy atom. The Hall–Kier alpha value is -3.79. The molecule has 1 atom stereocenters. The lowest BCUT2D eigenvalue weighted by molar-refractivity contribution is -0.141. The third-order valence-corrected chi connectivity index (χ3v) is 5.54. The maximum absolute atomic E-state index is 12.7. The molecule has 0 aliphatic rings. The van der Waals surface area contributed by atoms with Crippen LogP contribution >= 0.6 is 0 Å². The summed E-state index contributed by atoms with van der Waals surface area (Å²) in [6.07, 6.45) is 0.904. The van der Waals surface area contributed by atoms with Crippen molar-refractivity contribution in [2.45, 2.75) is 45.2 Å². The highest BCUT2D eigenvalue weighted by Crippen LogP contribution is 2.29. The first kappa shape index (κ1) is 24.3. The number of benzene rings is 1. The molecule has 0 aliphatic carbocycles. The monoisotopic (exact) mass is 483 g/mol. The Kier molecular flexibility index (Phi) is 7.40. The SMILES string of the molecule is Cc1nc(-c2ccc(C(F)(F)F)nc2)ccc1COc1ccc(C(O)CCCn2ccnn2)cc1. The fourth-order valence-electron chi connectivity index (χ4n) is 3.53. The molecule has 1 N–H and O–H groups in total. The van der Waals surface area contributed by atoms with Crippen LogP contribution in [-0.2, 0) is 19.3 Å². The van der Waals surface area contributed by atoms with Crippen molar-refractivity contribution in [2.24, 2.45) is 0 Å². The van der Waals surface area contributed by atoms with Gasteiger partial charge in [-0.3, -0.25) is 14.6 Å². The summed E-state index contributed by atoms with van der Waals surface area (Å²) >= 11 is 0. The van der Waals surface area contributed by atoms with Crippen molar-refractivity contribution in [2.75, 3.05) is 0 Å². The summed E-state index contributed by atoms with van der Waals surface area (Å²) in [6.45, 7) is 2.79. The van der Waals surface area contributed by atoms with Gasteiger partial charge in [0.25, 0.3) is 0 Å². The van der Waals surface area contributed by atoms with Gasteiger partial charge >= 0.3 is 6.18 Å². The Balaban J connectivity index is 1.31. The molecule has 4 aromatic rings. The molecule has 0 bridgehead atoms. The van der Waals surface area contributed by atoms with E-state index in [9.17, 15) is 18.3 Å². The molecule has 0 saturated heterocycles. The number of hydrogen-bond acceptors (Lipinski definition) is 6. The fourth-order valence-corrected chi connectivity index (χ4v) is 3.53. The van der Waals surface area contributed by atoms with Crippen molar-refractivity contribution in [3.8, 4) is 17.0 Å². The van der Waals surface area contributed by atoms with Crippen molar-refractivity contribution in [1.29, 1.82) is 0 Å². The molecule has 0 fully saturated rings. The van der Waals surface area contributed by atoms with E-state index in [2.05, 4.69) is 20.3 Å². The second-order valence-electron chi connectivity index (χ2n) is 8.05. The number of aryl methyl sites for hydroxylation is 2. The van der Waals surface area contributed by atoms with Crippen LogP contribution < -0.4 is 4.74 Å². The van der Waals surface area contributed by atoms with Crippen LogP contribution in [0.15, 0.2) is 67.1 Å². The van der Waals surface area contributed by atoms with E-state index in [1.807, 2.05) is 25.1 Å². The quantitative estimate of drug-likeness (QED) is 0.354.